The van der Waals surface area contributed by atoms with Crippen molar-refractivity contribution in [3.8, 4) is 11.1 Å². The number of nitrogens with zero attached hydrogens (tertiary/aromatic N) is 2. The lowest BCUT2D eigenvalue weighted by atomic mass is 9.77. The van der Waals surface area contributed by atoms with Crippen molar-refractivity contribution >= 4 is 40.8 Å². The zero-order valence-corrected chi connectivity index (χ0v) is 15.2. The van der Waals surface area contributed by atoms with Crippen molar-refractivity contribution in [2.75, 3.05) is 24.5 Å². The Morgan fingerprint density at radius 3 is 2.72 bits per heavy atom. The Morgan fingerprint density at radius 1 is 1.24 bits per heavy atom. The Morgan fingerprint density at radius 2 is 2.04 bits per heavy atom. The molecule has 0 atom stereocenters. The normalized spacial score (nSPS) is 19.2. The van der Waals surface area contributed by atoms with E-state index in [2.05, 4.69) is 15.2 Å². The fourth-order valence-corrected chi connectivity index (χ4v) is 4.92. The molecule has 0 aliphatic carbocycles. The van der Waals surface area contributed by atoms with Gasteiger partial charge in [0, 0.05) is 43.2 Å². The van der Waals surface area contributed by atoms with Crippen LogP contribution in [0.4, 0.5) is 5.69 Å². The third kappa shape index (κ3) is 2.73. The van der Waals surface area contributed by atoms with Gasteiger partial charge in [0.15, 0.2) is 6.29 Å². The number of aldehydes is 1. The van der Waals surface area contributed by atoms with Crippen LogP contribution < -0.4 is 10.2 Å². The molecule has 2 aliphatic heterocycles. The van der Waals surface area contributed by atoms with Crippen molar-refractivity contribution < 1.29 is 9.59 Å². The molecule has 4 rings (SSSR count). The van der Waals surface area contributed by atoms with Gasteiger partial charge in [-0.1, -0.05) is 11.6 Å². The van der Waals surface area contributed by atoms with Gasteiger partial charge in [-0.25, -0.2) is 0 Å². The van der Waals surface area contributed by atoms with Crippen molar-refractivity contribution in [3.63, 3.8) is 0 Å². The summed E-state index contributed by atoms with van der Waals surface area (Å²) in [6.45, 7) is 2.31. The second-order valence-corrected chi connectivity index (χ2v) is 7.96. The molecule has 2 saturated heterocycles. The number of halogens is 1. The van der Waals surface area contributed by atoms with Crippen molar-refractivity contribution in [3.05, 3.63) is 33.7 Å². The Bertz CT molecular complexity index is 827. The number of amides is 1. The SMILES string of the molecule is O=Cc1sccc1-c1cncc(Cl)c1N1CCC2(CCNC2=O)CC1. The highest BCUT2D eigenvalue weighted by molar-refractivity contribution is 7.12. The first-order chi connectivity index (χ1) is 12.1. The minimum absolute atomic E-state index is 0.189. The summed E-state index contributed by atoms with van der Waals surface area (Å²) < 4.78 is 0. The lowest BCUT2D eigenvalue weighted by Crippen LogP contribution is -2.44. The van der Waals surface area contributed by atoms with E-state index in [1.54, 1.807) is 12.4 Å². The molecule has 1 N–H and O–H groups in total. The standard InChI is InChI=1S/C18H18ClN3O2S/c19-14-10-20-9-13(12-1-8-25-15(12)11-23)16(14)22-6-3-18(4-7-22)2-5-21-17(18)24/h1,8-11H,2-7H2,(H,21,24). The second-order valence-electron chi connectivity index (χ2n) is 6.61. The van der Waals surface area contributed by atoms with Gasteiger partial charge in [0.25, 0.3) is 0 Å². The molecule has 25 heavy (non-hydrogen) atoms. The van der Waals surface area contributed by atoms with Crippen LogP contribution in [0.3, 0.4) is 0 Å². The first kappa shape index (κ1) is 16.5. The summed E-state index contributed by atoms with van der Waals surface area (Å²) in [6, 6.07) is 1.93. The highest BCUT2D eigenvalue weighted by atomic mass is 35.5. The first-order valence-corrected chi connectivity index (χ1v) is 9.60. The summed E-state index contributed by atoms with van der Waals surface area (Å²) in [6.07, 6.45) is 6.83. The maximum atomic E-state index is 12.2. The number of anilines is 1. The predicted molar refractivity (Wildman–Crippen MR) is 99.5 cm³/mol. The Hall–Kier alpha value is -1.92. The Labute approximate surface area is 155 Å². The van der Waals surface area contributed by atoms with Gasteiger partial charge >= 0.3 is 0 Å². The topological polar surface area (TPSA) is 62.3 Å². The molecule has 0 saturated carbocycles. The van der Waals surface area contributed by atoms with Crippen LogP contribution in [-0.2, 0) is 4.79 Å². The fourth-order valence-electron chi connectivity index (χ4n) is 3.93. The monoisotopic (exact) mass is 375 g/mol. The van der Waals surface area contributed by atoms with Gasteiger partial charge in [-0.2, -0.15) is 0 Å². The van der Waals surface area contributed by atoms with Gasteiger partial charge in [-0.3, -0.25) is 14.6 Å². The molecule has 1 spiro atoms. The minimum atomic E-state index is -0.216. The molecule has 130 valence electrons. The maximum Gasteiger partial charge on any atom is 0.226 e. The summed E-state index contributed by atoms with van der Waals surface area (Å²) in [4.78, 5) is 30.7. The number of hydrogen-bond donors (Lipinski definition) is 1. The average molecular weight is 376 g/mol. The number of carbonyl (C=O) groups is 2. The molecule has 2 fully saturated rings. The second kappa shape index (κ2) is 6.42. The molecule has 5 nitrogen and oxygen atoms in total. The van der Waals surface area contributed by atoms with Crippen LogP contribution in [0, 0.1) is 5.41 Å². The van der Waals surface area contributed by atoms with Gasteiger partial charge < -0.3 is 10.2 Å². The summed E-state index contributed by atoms with van der Waals surface area (Å²) >= 11 is 7.90. The summed E-state index contributed by atoms with van der Waals surface area (Å²) in [5.41, 5.74) is 2.44. The average Bonchev–Trinajstić information content (AvgIpc) is 3.23. The van der Waals surface area contributed by atoms with Crippen LogP contribution in [0.2, 0.25) is 5.02 Å². The quantitative estimate of drug-likeness (QED) is 0.835. The molecule has 2 aliphatic rings. The van der Waals surface area contributed by atoms with Gasteiger partial charge in [0.05, 0.1) is 21.0 Å². The van der Waals surface area contributed by atoms with E-state index in [0.717, 1.165) is 62.0 Å². The zero-order valence-electron chi connectivity index (χ0n) is 13.6. The molecule has 2 aromatic rings. The molecule has 7 heteroatoms. The third-order valence-electron chi connectivity index (χ3n) is 5.37. The van der Waals surface area contributed by atoms with E-state index in [9.17, 15) is 9.59 Å². The minimum Gasteiger partial charge on any atom is -0.370 e. The van der Waals surface area contributed by atoms with Crippen molar-refractivity contribution in [1.82, 2.24) is 10.3 Å². The number of aromatic nitrogens is 1. The van der Waals surface area contributed by atoms with Gasteiger partial charge in [-0.15, -0.1) is 11.3 Å². The highest BCUT2D eigenvalue weighted by Gasteiger charge is 2.44. The smallest absolute Gasteiger partial charge is 0.226 e. The number of pyridine rings is 1. The van der Waals surface area contributed by atoms with Gasteiger partial charge in [0.2, 0.25) is 5.91 Å². The summed E-state index contributed by atoms with van der Waals surface area (Å²) in [7, 11) is 0. The van der Waals surface area contributed by atoms with Crippen LogP contribution >= 0.6 is 22.9 Å². The molecule has 2 aromatic heterocycles. The van der Waals surface area contributed by atoms with E-state index < -0.39 is 0 Å². The van der Waals surface area contributed by atoms with Gasteiger partial charge in [-0.05, 0) is 30.7 Å². The lowest BCUT2D eigenvalue weighted by Gasteiger charge is -2.39. The molecule has 0 aromatic carbocycles. The maximum absolute atomic E-state index is 12.2. The number of nitrogens with one attached hydrogen (secondary N) is 1. The largest absolute Gasteiger partial charge is 0.370 e. The molecule has 0 bridgehead atoms. The Balaban J connectivity index is 1.68. The number of rotatable bonds is 3. The number of piperidine rings is 1. The third-order valence-corrected chi connectivity index (χ3v) is 6.49. The van der Waals surface area contributed by atoms with E-state index >= 15 is 0 Å². The number of carbonyl (C=O) groups excluding carboxylic acids is 2. The van der Waals surface area contributed by atoms with Crippen molar-refractivity contribution in [1.29, 1.82) is 0 Å². The zero-order chi connectivity index (χ0) is 17.4. The predicted octanol–water partition coefficient (Wildman–Crippen LogP) is 3.38. The van der Waals surface area contributed by atoms with E-state index in [4.69, 9.17) is 11.6 Å². The van der Waals surface area contributed by atoms with Gasteiger partial charge in [0.1, 0.15) is 0 Å². The molecule has 0 unspecified atom stereocenters. The van der Waals surface area contributed by atoms with E-state index in [-0.39, 0.29) is 11.3 Å². The lowest BCUT2D eigenvalue weighted by molar-refractivity contribution is -0.128. The van der Waals surface area contributed by atoms with Crippen molar-refractivity contribution in [2.45, 2.75) is 19.3 Å². The fraction of sp³-hybridized carbons (Fsp3) is 0.389. The molecular formula is C18H18ClN3O2S. The molecule has 4 heterocycles. The molecule has 1 amide bonds. The summed E-state index contributed by atoms with van der Waals surface area (Å²) in [5.74, 6) is 0.189. The van der Waals surface area contributed by atoms with E-state index in [1.165, 1.54) is 11.3 Å². The summed E-state index contributed by atoms with van der Waals surface area (Å²) in [5, 5.41) is 5.44. The van der Waals surface area contributed by atoms with Crippen LogP contribution in [0.1, 0.15) is 28.9 Å². The van der Waals surface area contributed by atoms with Crippen molar-refractivity contribution in [2.24, 2.45) is 5.41 Å². The van der Waals surface area contributed by atoms with Crippen LogP contribution in [0.15, 0.2) is 23.8 Å². The Kier molecular flexibility index (Phi) is 4.25. The van der Waals surface area contributed by atoms with Crippen LogP contribution in [0.25, 0.3) is 11.1 Å². The highest BCUT2D eigenvalue weighted by Crippen LogP contribution is 2.44. The first-order valence-electron chi connectivity index (χ1n) is 8.34. The van der Waals surface area contributed by atoms with Crippen LogP contribution in [-0.4, -0.2) is 36.8 Å². The van der Waals surface area contributed by atoms with E-state index in [1.807, 2.05) is 11.4 Å². The molecular weight excluding hydrogens is 358 g/mol. The number of hydrogen-bond acceptors (Lipinski definition) is 5. The number of thiophene rings is 1. The molecule has 0 radical (unpaired) electrons. The van der Waals surface area contributed by atoms with Crippen LogP contribution in [0.5, 0.6) is 0 Å². The van der Waals surface area contributed by atoms with E-state index in [0.29, 0.717) is 9.90 Å².